The van der Waals surface area contributed by atoms with Gasteiger partial charge in [0, 0.05) is 19.1 Å². The molecule has 0 aliphatic heterocycles. The van der Waals surface area contributed by atoms with E-state index in [1.807, 2.05) is 0 Å². The Morgan fingerprint density at radius 3 is 2.53 bits per heavy atom. The van der Waals surface area contributed by atoms with Gasteiger partial charge in [-0.25, -0.2) is 0 Å². The highest BCUT2D eigenvalue weighted by molar-refractivity contribution is 5.24. The lowest BCUT2D eigenvalue weighted by atomic mass is 10.1. The Morgan fingerprint density at radius 1 is 1.24 bits per heavy atom. The van der Waals surface area contributed by atoms with Crippen molar-refractivity contribution in [3.8, 4) is 0 Å². The highest BCUT2D eigenvalue weighted by atomic mass is 15.1. The molecule has 1 atom stereocenters. The molecule has 0 amide bonds. The smallest absolute Gasteiger partial charge is 0.0292 e. The van der Waals surface area contributed by atoms with Crippen LogP contribution in [-0.4, -0.2) is 31.1 Å². The minimum atomic E-state index is 0.436. The van der Waals surface area contributed by atoms with Crippen molar-refractivity contribution >= 4 is 0 Å². The first-order valence-corrected chi connectivity index (χ1v) is 6.69. The molecule has 0 aliphatic rings. The summed E-state index contributed by atoms with van der Waals surface area (Å²) in [5.41, 5.74) is 2.71. The van der Waals surface area contributed by atoms with E-state index in [0.29, 0.717) is 6.04 Å². The molecule has 2 nitrogen and oxygen atoms in total. The van der Waals surface area contributed by atoms with Crippen LogP contribution in [0.15, 0.2) is 24.3 Å². The van der Waals surface area contributed by atoms with Gasteiger partial charge in [0.15, 0.2) is 0 Å². The largest absolute Gasteiger partial charge is 0.309 e. The van der Waals surface area contributed by atoms with Crippen LogP contribution in [0.4, 0.5) is 0 Å². The molecule has 0 spiro atoms. The van der Waals surface area contributed by atoms with Gasteiger partial charge in [-0.15, -0.1) is 0 Å². The van der Waals surface area contributed by atoms with Gasteiger partial charge in [-0.2, -0.15) is 0 Å². The van der Waals surface area contributed by atoms with E-state index in [9.17, 15) is 0 Å². The second-order valence-corrected chi connectivity index (χ2v) is 4.62. The standard InChI is InChI=1S/C15H26N2/c1-5-17(6-2)11-10-16-14(4)15-9-7-8-13(3)12-15/h7-9,12,14,16H,5-6,10-11H2,1-4H3/t14-/m0/s1. The first-order valence-electron chi connectivity index (χ1n) is 6.69. The van der Waals surface area contributed by atoms with Gasteiger partial charge in [0.1, 0.15) is 0 Å². The zero-order chi connectivity index (χ0) is 12.7. The van der Waals surface area contributed by atoms with Gasteiger partial charge in [-0.05, 0) is 32.5 Å². The zero-order valence-electron chi connectivity index (χ0n) is 11.7. The zero-order valence-corrected chi connectivity index (χ0v) is 11.7. The number of rotatable bonds is 7. The van der Waals surface area contributed by atoms with Crippen LogP contribution in [0.25, 0.3) is 0 Å². The highest BCUT2D eigenvalue weighted by Gasteiger charge is 2.05. The molecule has 0 aliphatic carbocycles. The van der Waals surface area contributed by atoms with Crippen LogP contribution >= 0.6 is 0 Å². The maximum absolute atomic E-state index is 3.58. The van der Waals surface area contributed by atoms with Crippen molar-refractivity contribution < 1.29 is 0 Å². The Hall–Kier alpha value is -0.860. The number of hydrogen-bond acceptors (Lipinski definition) is 2. The first-order chi connectivity index (χ1) is 8.17. The molecule has 2 heteroatoms. The average molecular weight is 234 g/mol. The van der Waals surface area contributed by atoms with Crippen molar-refractivity contribution in [3.63, 3.8) is 0 Å². The molecule has 1 aromatic rings. The summed E-state index contributed by atoms with van der Waals surface area (Å²) >= 11 is 0. The second-order valence-electron chi connectivity index (χ2n) is 4.62. The van der Waals surface area contributed by atoms with E-state index in [-0.39, 0.29) is 0 Å². The van der Waals surface area contributed by atoms with E-state index in [0.717, 1.165) is 26.2 Å². The molecule has 0 bridgehead atoms. The topological polar surface area (TPSA) is 15.3 Å². The van der Waals surface area contributed by atoms with Gasteiger partial charge in [-0.1, -0.05) is 43.7 Å². The maximum Gasteiger partial charge on any atom is 0.0292 e. The van der Waals surface area contributed by atoms with Crippen LogP contribution in [0.3, 0.4) is 0 Å². The summed E-state index contributed by atoms with van der Waals surface area (Å²) in [5, 5.41) is 3.58. The Balaban J connectivity index is 2.37. The molecule has 96 valence electrons. The fraction of sp³-hybridized carbons (Fsp3) is 0.600. The van der Waals surface area contributed by atoms with Crippen molar-refractivity contribution in [1.82, 2.24) is 10.2 Å². The molecular formula is C15H26N2. The monoisotopic (exact) mass is 234 g/mol. The summed E-state index contributed by atoms with van der Waals surface area (Å²) in [7, 11) is 0. The fourth-order valence-electron chi connectivity index (χ4n) is 2.04. The average Bonchev–Trinajstić information content (AvgIpc) is 2.34. The van der Waals surface area contributed by atoms with Crippen LogP contribution in [0.1, 0.15) is 37.9 Å². The van der Waals surface area contributed by atoms with Crippen LogP contribution in [0.5, 0.6) is 0 Å². The third-order valence-electron chi connectivity index (χ3n) is 3.32. The molecule has 0 fully saturated rings. The molecule has 17 heavy (non-hydrogen) atoms. The summed E-state index contributed by atoms with van der Waals surface area (Å²) in [6.45, 7) is 13.3. The number of nitrogens with one attached hydrogen (secondary N) is 1. The first kappa shape index (κ1) is 14.2. The predicted octanol–water partition coefficient (Wildman–Crippen LogP) is 2.99. The van der Waals surface area contributed by atoms with E-state index in [1.54, 1.807) is 0 Å². The van der Waals surface area contributed by atoms with E-state index < -0.39 is 0 Å². The summed E-state index contributed by atoms with van der Waals surface area (Å²) in [5.74, 6) is 0. The van der Waals surface area contributed by atoms with Crippen molar-refractivity contribution in [3.05, 3.63) is 35.4 Å². The summed E-state index contributed by atoms with van der Waals surface area (Å²) in [6.07, 6.45) is 0. The SMILES string of the molecule is CCN(CC)CCN[C@@H](C)c1cccc(C)c1. The molecule has 1 N–H and O–H groups in total. The summed E-state index contributed by atoms with van der Waals surface area (Å²) in [4.78, 5) is 2.44. The third kappa shape index (κ3) is 4.88. The predicted molar refractivity (Wildman–Crippen MR) is 75.4 cm³/mol. The number of aryl methyl sites for hydroxylation is 1. The summed E-state index contributed by atoms with van der Waals surface area (Å²) in [6, 6.07) is 9.17. The lowest BCUT2D eigenvalue weighted by molar-refractivity contribution is 0.298. The molecule has 1 aromatic carbocycles. The molecule has 0 saturated carbocycles. The van der Waals surface area contributed by atoms with Gasteiger partial charge in [0.05, 0.1) is 0 Å². The van der Waals surface area contributed by atoms with Gasteiger partial charge >= 0.3 is 0 Å². The molecule has 0 unspecified atom stereocenters. The highest BCUT2D eigenvalue weighted by Crippen LogP contribution is 2.13. The van der Waals surface area contributed by atoms with Crippen LogP contribution in [0, 0.1) is 6.92 Å². The Bertz CT molecular complexity index is 318. The van der Waals surface area contributed by atoms with Gasteiger partial charge < -0.3 is 10.2 Å². The normalized spacial score (nSPS) is 13.0. The Kier molecular flexibility index (Phi) is 6.23. The second kappa shape index (κ2) is 7.46. The third-order valence-corrected chi connectivity index (χ3v) is 3.32. The van der Waals surface area contributed by atoms with Crippen LogP contribution < -0.4 is 5.32 Å². The van der Waals surface area contributed by atoms with Crippen molar-refractivity contribution in [2.75, 3.05) is 26.2 Å². The van der Waals surface area contributed by atoms with Crippen molar-refractivity contribution in [2.24, 2.45) is 0 Å². The maximum atomic E-state index is 3.58. The van der Waals surface area contributed by atoms with E-state index in [2.05, 4.69) is 62.2 Å². The van der Waals surface area contributed by atoms with Crippen LogP contribution in [-0.2, 0) is 0 Å². The van der Waals surface area contributed by atoms with Crippen molar-refractivity contribution in [2.45, 2.75) is 33.7 Å². The minimum absolute atomic E-state index is 0.436. The molecule has 0 aromatic heterocycles. The number of likely N-dealkylation sites (N-methyl/N-ethyl adjacent to an activating group) is 1. The van der Waals surface area contributed by atoms with Gasteiger partial charge in [0.25, 0.3) is 0 Å². The molecular weight excluding hydrogens is 208 g/mol. The van der Waals surface area contributed by atoms with E-state index >= 15 is 0 Å². The number of nitrogens with zero attached hydrogens (tertiary/aromatic N) is 1. The van der Waals surface area contributed by atoms with Gasteiger partial charge in [0.2, 0.25) is 0 Å². The lowest BCUT2D eigenvalue weighted by Gasteiger charge is -2.20. The van der Waals surface area contributed by atoms with Crippen LogP contribution in [0.2, 0.25) is 0 Å². The molecule has 1 rings (SSSR count). The number of hydrogen-bond donors (Lipinski definition) is 1. The van der Waals surface area contributed by atoms with E-state index in [1.165, 1.54) is 11.1 Å². The molecule has 0 radical (unpaired) electrons. The fourth-order valence-corrected chi connectivity index (χ4v) is 2.04. The minimum Gasteiger partial charge on any atom is -0.309 e. The molecule has 0 saturated heterocycles. The quantitative estimate of drug-likeness (QED) is 0.780. The lowest BCUT2D eigenvalue weighted by Crippen LogP contribution is -2.33. The number of benzene rings is 1. The summed E-state index contributed by atoms with van der Waals surface area (Å²) < 4.78 is 0. The van der Waals surface area contributed by atoms with E-state index in [4.69, 9.17) is 0 Å². The van der Waals surface area contributed by atoms with Crippen molar-refractivity contribution in [1.29, 1.82) is 0 Å². The Morgan fingerprint density at radius 2 is 1.94 bits per heavy atom. The molecule has 0 heterocycles. The Labute approximate surface area is 106 Å². The van der Waals surface area contributed by atoms with Gasteiger partial charge in [-0.3, -0.25) is 0 Å².